The zero-order valence-electron chi connectivity index (χ0n) is 6.02. The highest BCUT2D eigenvalue weighted by atomic mass is 19.3. The summed E-state index contributed by atoms with van der Waals surface area (Å²) < 4.78 is 83.0. The molecular formula is C6F8. The molecule has 0 saturated heterocycles. The second-order valence-corrected chi connectivity index (χ2v) is 2.15. The summed E-state index contributed by atoms with van der Waals surface area (Å²) in [5.74, 6) is -12.1. The van der Waals surface area contributed by atoms with Crippen molar-refractivity contribution in [3.05, 3.63) is 29.5 Å². The Labute approximate surface area is 72.1 Å². The van der Waals surface area contributed by atoms with Crippen molar-refractivity contribution < 1.29 is 35.4 Å². The third-order valence-electron chi connectivity index (χ3n) is 1.39. The van der Waals surface area contributed by atoms with E-state index in [1.165, 1.54) is 0 Å². The van der Waals surface area contributed by atoms with Crippen LogP contribution in [0.15, 0.2) is 23.1 Å². The van der Waals surface area contributed by atoms with E-state index >= 15 is 0 Å². The van der Waals surface area contributed by atoms with Crippen molar-refractivity contribution in [1.82, 2.24) is 0 Å². The van der Waals surface area contributed by atoms with E-state index in [1.54, 1.807) is 0 Å². The molecule has 0 atom stereocenters. The molecule has 1 aliphatic rings. The van der Waals surface area contributed by atoms with Crippen LogP contribution in [0, 0.1) is 6.43 Å². The maximum Gasteiger partial charge on any atom is 0.457 e. The average Bonchev–Trinajstić information content (AvgIpc) is 2.03. The minimum Gasteiger partial charge on any atom is -1.00 e. The van der Waals surface area contributed by atoms with E-state index < -0.39 is 35.4 Å². The van der Waals surface area contributed by atoms with Crippen molar-refractivity contribution in [2.75, 3.05) is 0 Å². The van der Waals surface area contributed by atoms with E-state index in [-0.39, 0.29) is 4.70 Å². The summed E-state index contributed by atoms with van der Waals surface area (Å²) in [7, 11) is 0. The summed E-state index contributed by atoms with van der Waals surface area (Å²) in [6, 6.07) is 0. The molecule has 0 fully saturated rings. The first-order valence-electron chi connectivity index (χ1n) is 2.82. The SMILES string of the molecule is FC1=C(F)C(F)(F)/C1=C(\F)[C+](F)F.[F-]. The number of alkyl halides is 2. The van der Waals surface area contributed by atoms with Crippen molar-refractivity contribution in [2.45, 2.75) is 5.92 Å². The van der Waals surface area contributed by atoms with Crippen LogP contribution in [0.25, 0.3) is 0 Å². The molecular weight excluding hydrogens is 224 g/mol. The smallest absolute Gasteiger partial charge is 0.457 e. The van der Waals surface area contributed by atoms with E-state index in [4.69, 9.17) is 0 Å². The van der Waals surface area contributed by atoms with Crippen molar-refractivity contribution in [3.63, 3.8) is 0 Å². The minimum absolute atomic E-state index is 0. The van der Waals surface area contributed by atoms with Crippen LogP contribution in [0.4, 0.5) is 30.7 Å². The zero-order chi connectivity index (χ0) is 10.4. The Balaban J connectivity index is 0.00000169. The first-order valence-corrected chi connectivity index (χ1v) is 2.82. The lowest BCUT2D eigenvalue weighted by atomic mass is 9.93. The summed E-state index contributed by atoms with van der Waals surface area (Å²) in [6.07, 6.45) is -3.11. The quantitative estimate of drug-likeness (QED) is 0.448. The second kappa shape index (κ2) is 3.50. The summed E-state index contributed by atoms with van der Waals surface area (Å²) in [6.45, 7) is 0. The van der Waals surface area contributed by atoms with Gasteiger partial charge in [0.2, 0.25) is 5.57 Å². The van der Waals surface area contributed by atoms with Crippen LogP contribution in [0.2, 0.25) is 0 Å². The molecule has 0 aromatic heterocycles. The first kappa shape index (κ1) is 12.8. The topological polar surface area (TPSA) is 0 Å². The monoisotopic (exact) mass is 224 g/mol. The summed E-state index contributed by atoms with van der Waals surface area (Å²) in [5, 5.41) is 0. The highest BCUT2D eigenvalue weighted by Crippen LogP contribution is 2.52. The highest BCUT2D eigenvalue weighted by molar-refractivity contribution is 5.53. The molecule has 0 aliphatic heterocycles. The van der Waals surface area contributed by atoms with Crippen LogP contribution in [-0.4, -0.2) is 5.92 Å². The van der Waals surface area contributed by atoms with Crippen LogP contribution in [0.3, 0.4) is 0 Å². The van der Waals surface area contributed by atoms with Crippen molar-refractivity contribution in [2.24, 2.45) is 0 Å². The average molecular weight is 224 g/mol. The lowest BCUT2D eigenvalue weighted by Gasteiger charge is -2.18. The van der Waals surface area contributed by atoms with Gasteiger partial charge in [-0.25, -0.2) is 0 Å². The van der Waals surface area contributed by atoms with Gasteiger partial charge in [-0.3, -0.25) is 0 Å². The molecule has 0 saturated carbocycles. The van der Waals surface area contributed by atoms with Crippen molar-refractivity contribution >= 4 is 0 Å². The van der Waals surface area contributed by atoms with Gasteiger partial charge in [0.05, 0.1) is 0 Å². The van der Waals surface area contributed by atoms with Crippen LogP contribution < -0.4 is 4.70 Å². The molecule has 0 aromatic carbocycles. The summed E-state index contributed by atoms with van der Waals surface area (Å²) >= 11 is 0. The molecule has 0 radical (unpaired) electrons. The van der Waals surface area contributed by atoms with Crippen LogP contribution in [0.1, 0.15) is 0 Å². The molecule has 0 unspecified atom stereocenters. The third kappa shape index (κ3) is 1.44. The Hall–Kier alpha value is -1.21. The molecule has 0 heterocycles. The molecule has 0 spiro atoms. The predicted molar refractivity (Wildman–Crippen MR) is 27.8 cm³/mol. The Morgan fingerprint density at radius 3 is 1.86 bits per heavy atom. The Kier molecular flexibility index (Phi) is 3.20. The van der Waals surface area contributed by atoms with Gasteiger partial charge in [-0.05, 0) is 8.78 Å². The molecule has 1 aliphatic carbocycles. The third-order valence-corrected chi connectivity index (χ3v) is 1.39. The predicted octanol–water partition coefficient (Wildman–Crippen LogP) is 0.442. The molecule has 0 bridgehead atoms. The molecule has 14 heavy (non-hydrogen) atoms. The molecule has 0 amide bonds. The summed E-state index contributed by atoms with van der Waals surface area (Å²) in [4.78, 5) is 0. The van der Waals surface area contributed by atoms with Gasteiger partial charge >= 0.3 is 18.2 Å². The molecule has 1 rings (SSSR count). The molecule has 0 aromatic rings. The fourth-order valence-electron chi connectivity index (χ4n) is 0.761. The number of hydrogen-bond acceptors (Lipinski definition) is 0. The van der Waals surface area contributed by atoms with Crippen molar-refractivity contribution in [1.29, 1.82) is 0 Å². The molecule has 0 N–H and O–H groups in total. The van der Waals surface area contributed by atoms with E-state index in [0.717, 1.165) is 0 Å². The Morgan fingerprint density at radius 1 is 1.14 bits per heavy atom. The zero-order valence-corrected chi connectivity index (χ0v) is 6.02. The van der Waals surface area contributed by atoms with Gasteiger partial charge in [-0.1, -0.05) is 0 Å². The number of halogens is 8. The van der Waals surface area contributed by atoms with E-state index in [9.17, 15) is 30.7 Å². The van der Waals surface area contributed by atoms with Gasteiger partial charge in [0.1, 0.15) is 0 Å². The second-order valence-electron chi connectivity index (χ2n) is 2.15. The summed E-state index contributed by atoms with van der Waals surface area (Å²) in [5.41, 5.74) is -2.23. The van der Waals surface area contributed by atoms with Gasteiger partial charge in [0.25, 0.3) is 11.7 Å². The number of rotatable bonds is 1. The fourth-order valence-corrected chi connectivity index (χ4v) is 0.761. The maximum atomic E-state index is 12.1. The fraction of sp³-hybridized carbons (Fsp3) is 0.167. The minimum atomic E-state index is -4.59. The lowest BCUT2D eigenvalue weighted by molar-refractivity contribution is -0.0000223. The normalized spacial score (nSPS) is 22.5. The highest BCUT2D eigenvalue weighted by Gasteiger charge is 2.65. The standard InChI is InChI=1S/C6F7.FH/c7-2-1(3(8)5(10)11)6(12,13)4(2)9;/h;1H/q+1;/p-1/b3-1-;. The van der Waals surface area contributed by atoms with Gasteiger partial charge in [-0.15, -0.1) is 0 Å². The Morgan fingerprint density at radius 2 is 1.57 bits per heavy atom. The van der Waals surface area contributed by atoms with Crippen LogP contribution >= 0.6 is 0 Å². The van der Waals surface area contributed by atoms with Crippen LogP contribution in [0.5, 0.6) is 0 Å². The van der Waals surface area contributed by atoms with Gasteiger partial charge in [-0.2, -0.15) is 22.0 Å². The molecule has 0 nitrogen and oxygen atoms in total. The Bertz CT molecular complexity index is 299. The maximum absolute atomic E-state index is 12.1. The van der Waals surface area contributed by atoms with E-state index in [1.807, 2.05) is 0 Å². The molecule has 8 heteroatoms. The first-order chi connectivity index (χ1) is 5.80. The largest absolute Gasteiger partial charge is 1.00 e. The molecule has 80 valence electrons. The van der Waals surface area contributed by atoms with Gasteiger partial charge in [0.15, 0.2) is 0 Å². The number of hydrogen-bond donors (Lipinski definition) is 0. The lowest BCUT2D eigenvalue weighted by Crippen LogP contribution is -3.00. The van der Waals surface area contributed by atoms with Gasteiger partial charge < -0.3 is 4.70 Å². The van der Waals surface area contributed by atoms with Crippen molar-refractivity contribution in [3.8, 4) is 0 Å². The van der Waals surface area contributed by atoms with Gasteiger partial charge in [0, 0.05) is 0 Å². The van der Waals surface area contributed by atoms with E-state index in [0.29, 0.717) is 0 Å². The van der Waals surface area contributed by atoms with E-state index in [2.05, 4.69) is 0 Å². The van der Waals surface area contributed by atoms with Crippen LogP contribution in [-0.2, 0) is 0 Å². The number of allylic oxidation sites excluding steroid dienone is 4.